The summed E-state index contributed by atoms with van der Waals surface area (Å²) in [7, 11) is 0. The lowest BCUT2D eigenvalue weighted by Crippen LogP contribution is -2.19. The van der Waals surface area contributed by atoms with Gasteiger partial charge >= 0.3 is 0 Å². The Hall–Kier alpha value is -1.61. The number of nitrogens with zero attached hydrogens (tertiary/aromatic N) is 2. The van der Waals surface area contributed by atoms with E-state index < -0.39 is 0 Å². The van der Waals surface area contributed by atoms with Crippen molar-refractivity contribution in [1.82, 2.24) is 14.9 Å². The lowest BCUT2D eigenvalue weighted by molar-refractivity contribution is 0.626. The Labute approximate surface area is 121 Å². The van der Waals surface area contributed by atoms with E-state index in [1.165, 1.54) is 35.2 Å². The molecule has 1 aromatic carbocycles. The highest BCUT2D eigenvalue weighted by atomic mass is 15.1. The van der Waals surface area contributed by atoms with Crippen molar-refractivity contribution in [2.45, 2.75) is 52.7 Å². The number of aryl methyl sites for hydroxylation is 3. The van der Waals surface area contributed by atoms with Gasteiger partial charge in [0.15, 0.2) is 0 Å². The van der Waals surface area contributed by atoms with Crippen LogP contribution in [0.2, 0.25) is 0 Å². The third kappa shape index (κ3) is 2.93. The standard InChI is InChI=1S/C17H23N3/c1-12-4-5-13(2)15(8-12)11-20-14(3)18-9-17(20)10-19-16-6-7-16/h4-5,8-9,16,19H,6-7,10-11H2,1-3H3. The first-order valence-electron chi connectivity index (χ1n) is 7.44. The second-order valence-corrected chi connectivity index (χ2v) is 5.97. The molecule has 1 saturated carbocycles. The van der Waals surface area contributed by atoms with Crippen LogP contribution in [-0.2, 0) is 13.1 Å². The molecule has 0 aliphatic heterocycles. The topological polar surface area (TPSA) is 29.9 Å². The van der Waals surface area contributed by atoms with Gasteiger partial charge in [-0.05, 0) is 44.7 Å². The first-order chi connectivity index (χ1) is 9.63. The van der Waals surface area contributed by atoms with Crippen molar-refractivity contribution in [3.63, 3.8) is 0 Å². The summed E-state index contributed by atoms with van der Waals surface area (Å²) in [4.78, 5) is 4.49. The van der Waals surface area contributed by atoms with Crippen LogP contribution < -0.4 is 5.32 Å². The van der Waals surface area contributed by atoms with Crippen LogP contribution in [0.4, 0.5) is 0 Å². The zero-order valence-corrected chi connectivity index (χ0v) is 12.6. The van der Waals surface area contributed by atoms with E-state index in [1.807, 2.05) is 6.20 Å². The van der Waals surface area contributed by atoms with Crippen molar-refractivity contribution in [3.05, 3.63) is 52.6 Å². The van der Waals surface area contributed by atoms with Crippen LogP contribution in [-0.4, -0.2) is 15.6 Å². The Morgan fingerprint density at radius 2 is 2.05 bits per heavy atom. The van der Waals surface area contributed by atoms with Gasteiger partial charge in [-0.25, -0.2) is 4.98 Å². The monoisotopic (exact) mass is 269 g/mol. The summed E-state index contributed by atoms with van der Waals surface area (Å²) >= 11 is 0. The van der Waals surface area contributed by atoms with Gasteiger partial charge in [0, 0.05) is 25.3 Å². The van der Waals surface area contributed by atoms with Crippen molar-refractivity contribution >= 4 is 0 Å². The minimum absolute atomic E-state index is 0.736. The molecule has 1 N–H and O–H groups in total. The molecular formula is C17H23N3. The third-order valence-electron chi connectivity index (χ3n) is 4.12. The highest BCUT2D eigenvalue weighted by Gasteiger charge is 2.21. The van der Waals surface area contributed by atoms with E-state index in [2.05, 4.69) is 53.8 Å². The van der Waals surface area contributed by atoms with E-state index in [4.69, 9.17) is 0 Å². The summed E-state index contributed by atoms with van der Waals surface area (Å²) in [5.74, 6) is 1.10. The fourth-order valence-electron chi connectivity index (χ4n) is 2.55. The molecule has 1 heterocycles. The highest BCUT2D eigenvalue weighted by Crippen LogP contribution is 2.20. The van der Waals surface area contributed by atoms with Gasteiger partial charge in [0.05, 0.1) is 5.69 Å². The van der Waals surface area contributed by atoms with Crippen molar-refractivity contribution in [2.75, 3.05) is 0 Å². The van der Waals surface area contributed by atoms with Crippen LogP contribution in [0.5, 0.6) is 0 Å². The zero-order chi connectivity index (χ0) is 14.1. The summed E-state index contributed by atoms with van der Waals surface area (Å²) in [6, 6.07) is 7.40. The van der Waals surface area contributed by atoms with Crippen LogP contribution in [0.3, 0.4) is 0 Å². The lowest BCUT2D eigenvalue weighted by atomic mass is 10.1. The van der Waals surface area contributed by atoms with E-state index in [1.54, 1.807) is 0 Å². The van der Waals surface area contributed by atoms with Crippen LogP contribution >= 0.6 is 0 Å². The molecule has 20 heavy (non-hydrogen) atoms. The molecular weight excluding hydrogens is 246 g/mol. The molecule has 0 atom stereocenters. The molecule has 0 spiro atoms. The minimum atomic E-state index is 0.736. The van der Waals surface area contributed by atoms with E-state index in [0.717, 1.165) is 25.0 Å². The maximum absolute atomic E-state index is 4.49. The largest absolute Gasteiger partial charge is 0.327 e. The average molecular weight is 269 g/mol. The summed E-state index contributed by atoms with van der Waals surface area (Å²) in [6.45, 7) is 8.27. The van der Waals surface area contributed by atoms with Crippen LogP contribution in [0.1, 0.15) is 41.1 Å². The highest BCUT2D eigenvalue weighted by molar-refractivity contribution is 5.31. The Morgan fingerprint density at radius 3 is 2.80 bits per heavy atom. The predicted octanol–water partition coefficient (Wildman–Crippen LogP) is 3.11. The van der Waals surface area contributed by atoms with Crippen LogP contribution in [0.25, 0.3) is 0 Å². The molecule has 0 saturated heterocycles. The number of benzene rings is 1. The summed E-state index contributed by atoms with van der Waals surface area (Å²) in [5.41, 5.74) is 5.35. The summed E-state index contributed by atoms with van der Waals surface area (Å²) in [6.07, 6.45) is 4.66. The Kier molecular flexibility index (Phi) is 3.62. The normalized spacial score (nSPS) is 14.8. The van der Waals surface area contributed by atoms with Crippen LogP contribution in [0.15, 0.2) is 24.4 Å². The maximum atomic E-state index is 4.49. The minimum Gasteiger partial charge on any atom is -0.327 e. The van der Waals surface area contributed by atoms with Gasteiger partial charge in [-0.15, -0.1) is 0 Å². The lowest BCUT2D eigenvalue weighted by Gasteiger charge is -2.13. The molecule has 3 heteroatoms. The molecule has 3 nitrogen and oxygen atoms in total. The van der Waals surface area contributed by atoms with Crippen molar-refractivity contribution in [3.8, 4) is 0 Å². The third-order valence-corrected chi connectivity index (χ3v) is 4.12. The van der Waals surface area contributed by atoms with Gasteiger partial charge in [-0.3, -0.25) is 0 Å². The Bertz CT molecular complexity index is 609. The fourth-order valence-corrected chi connectivity index (χ4v) is 2.55. The predicted molar refractivity (Wildman–Crippen MR) is 81.8 cm³/mol. The number of hydrogen-bond acceptors (Lipinski definition) is 2. The smallest absolute Gasteiger partial charge is 0.106 e. The van der Waals surface area contributed by atoms with E-state index >= 15 is 0 Å². The molecule has 2 aromatic rings. The zero-order valence-electron chi connectivity index (χ0n) is 12.6. The van der Waals surface area contributed by atoms with Gasteiger partial charge in [0.2, 0.25) is 0 Å². The van der Waals surface area contributed by atoms with Gasteiger partial charge in [-0.2, -0.15) is 0 Å². The molecule has 0 radical (unpaired) electrons. The molecule has 1 aliphatic carbocycles. The molecule has 0 amide bonds. The molecule has 0 unspecified atom stereocenters. The quantitative estimate of drug-likeness (QED) is 0.904. The summed E-state index contributed by atoms with van der Waals surface area (Å²) < 4.78 is 2.33. The number of imidazole rings is 1. The van der Waals surface area contributed by atoms with Gasteiger partial charge in [0.25, 0.3) is 0 Å². The second kappa shape index (κ2) is 5.41. The molecule has 1 aliphatic rings. The number of hydrogen-bond donors (Lipinski definition) is 1. The maximum Gasteiger partial charge on any atom is 0.106 e. The Balaban J connectivity index is 1.81. The molecule has 1 fully saturated rings. The average Bonchev–Trinajstić information content (AvgIpc) is 3.19. The van der Waals surface area contributed by atoms with Gasteiger partial charge < -0.3 is 9.88 Å². The second-order valence-electron chi connectivity index (χ2n) is 5.97. The van der Waals surface area contributed by atoms with Gasteiger partial charge in [-0.1, -0.05) is 23.8 Å². The molecule has 106 valence electrons. The molecule has 0 bridgehead atoms. The van der Waals surface area contributed by atoms with Crippen LogP contribution in [0, 0.1) is 20.8 Å². The van der Waals surface area contributed by atoms with E-state index in [9.17, 15) is 0 Å². The first kappa shape index (κ1) is 13.4. The Morgan fingerprint density at radius 1 is 1.25 bits per heavy atom. The number of aromatic nitrogens is 2. The van der Waals surface area contributed by atoms with E-state index in [0.29, 0.717) is 0 Å². The molecule has 3 rings (SSSR count). The summed E-state index contributed by atoms with van der Waals surface area (Å²) in [5, 5.41) is 3.58. The van der Waals surface area contributed by atoms with Gasteiger partial charge in [0.1, 0.15) is 5.82 Å². The number of nitrogens with one attached hydrogen (secondary N) is 1. The first-order valence-corrected chi connectivity index (χ1v) is 7.44. The van der Waals surface area contributed by atoms with E-state index in [-0.39, 0.29) is 0 Å². The SMILES string of the molecule is Cc1ccc(C)c(Cn2c(CNC3CC3)cnc2C)c1. The van der Waals surface area contributed by atoms with Crippen molar-refractivity contribution in [2.24, 2.45) is 0 Å². The molecule has 1 aromatic heterocycles. The van der Waals surface area contributed by atoms with Crippen molar-refractivity contribution in [1.29, 1.82) is 0 Å². The fraction of sp³-hybridized carbons (Fsp3) is 0.471. The van der Waals surface area contributed by atoms with Crippen molar-refractivity contribution < 1.29 is 0 Å². The number of rotatable bonds is 5.